The standard InChI is InChI=1S/C21H16ClF6N3/c22-14-7-8-17(16(11-14)21(26,27)28)31-19-15(6-1-2-9-29-19)18(30-31)12-4-3-5-13(10-12)20(23,24)25/h3-5,7-8,10-11,29H,1-2,6,9H2. The molecule has 0 saturated carbocycles. The molecule has 0 aliphatic carbocycles. The predicted octanol–water partition coefficient (Wildman–Crippen LogP) is 6.98. The molecule has 2 heterocycles. The lowest BCUT2D eigenvalue weighted by Crippen LogP contribution is -2.14. The highest BCUT2D eigenvalue weighted by Crippen LogP contribution is 2.40. The maximum absolute atomic E-state index is 13.7. The van der Waals surface area contributed by atoms with Gasteiger partial charge in [0.05, 0.1) is 22.5 Å². The van der Waals surface area contributed by atoms with Crippen molar-refractivity contribution in [3.8, 4) is 16.9 Å². The largest absolute Gasteiger partial charge is 0.418 e. The highest BCUT2D eigenvalue weighted by Gasteiger charge is 2.36. The van der Waals surface area contributed by atoms with E-state index in [1.807, 2.05) is 0 Å². The molecule has 1 aliphatic heterocycles. The number of halogens is 7. The maximum Gasteiger partial charge on any atom is 0.418 e. The summed E-state index contributed by atoms with van der Waals surface area (Å²) >= 11 is 5.79. The van der Waals surface area contributed by atoms with Crippen LogP contribution in [0.1, 0.15) is 29.5 Å². The van der Waals surface area contributed by atoms with Gasteiger partial charge in [-0.15, -0.1) is 0 Å². The molecule has 0 bridgehead atoms. The molecule has 10 heteroatoms. The smallest absolute Gasteiger partial charge is 0.370 e. The quantitative estimate of drug-likeness (QED) is 0.419. The zero-order chi connectivity index (χ0) is 22.4. The Morgan fingerprint density at radius 2 is 1.71 bits per heavy atom. The van der Waals surface area contributed by atoms with Crippen LogP contribution in [0, 0.1) is 0 Å². The van der Waals surface area contributed by atoms with Crippen molar-refractivity contribution < 1.29 is 26.3 Å². The Balaban J connectivity index is 1.95. The van der Waals surface area contributed by atoms with Crippen LogP contribution in [-0.2, 0) is 18.8 Å². The van der Waals surface area contributed by atoms with Gasteiger partial charge < -0.3 is 5.32 Å². The summed E-state index contributed by atoms with van der Waals surface area (Å²) in [5.74, 6) is 0.345. The molecular weight excluding hydrogens is 444 g/mol. The van der Waals surface area contributed by atoms with E-state index < -0.39 is 23.5 Å². The lowest BCUT2D eigenvalue weighted by Gasteiger charge is -2.16. The van der Waals surface area contributed by atoms with Gasteiger partial charge in [0.15, 0.2) is 0 Å². The first-order valence-electron chi connectivity index (χ1n) is 9.46. The van der Waals surface area contributed by atoms with Gasteiger partial charge in [-0.3, -0.25) is 0 Å². The molecule has 1 N–H and O–H groups in total. The number of fused-ring (bicyclic) bond motifs is 1. The zero-order valence-electron chi connectivity index (χ0n) is 15.9. The van der Waals surface area contributed by atoms with Crippen molar-refractivity contribution in [2.24, 2.45) is 0 Å². The molecule has 3 aromatic rings. The zero-order valence-corrected chi connectivity index (χ0v) is 16.7. The molecule has 0 atom stereocenters. The first-order chi connectivity index (χ1) is 14.6. The second-order valence-electron chi connectivity index (χ2n) is 7.21. The summed E-state index contributed by atoms with van der Waals surface area (Å²) in [4.78, 5) is 0. The molecule has 0 spiro atoms. The van der Waals surface area contributed by atoms with Crippen LogP contribution in [0.25, 0.3) is 16.9 Å². The minimum absolute atomic E-state index is 0.0830. The second-order valence-corrected chi connectivity index (χ2v) is 7.65. The highest BCUT2D eigenvalue weighted by molar-refractivity contribution is 6.30. The van der Waals surface area contributed by atoms with Crippen LogP contribution in [0.5, 0.6) is 0 Å². The number of anilines is 1. The second kappa shape index (κ2) is 7.78. The third-order valence-corrected chi connectivity index (χ3v) is 5.32. The number of benzene rings is 2. The Morgan fingerprint density at radius 1 is 0.935 bits per heavy atom. The number of nitrogens with one attached hydrogen (secondary N) is 1. The summed E-state index contributed by atoms with van der Waals surface area (Å²) in [5, 5.41) is 7.36. The molecule has 164 valence electrons. The van der Waals surface area contributed by atoms with E-state index in [4.69, 9.17) is 11.6 Å². The minimum atomic E-state index is -4.69. The fraction of sp³-hybridized carbons (Fsp3) is 0.286. The number of rotatable bonds is 2. The third-order valence-electron chi connectivity index (χ3n) is 5.09. The SMILES string of the molecule is FC(F)(F)c1cccc(-c2nn(-c3ccc(Cl)cc3C(F)(F)F)c3c2CCCCN3)c1. The molecular formula is C21H16ClF6N3. The van der Waals surface area contributed by atoms with Crippen molar-refractivity contribution >= 4 is 17.4 Å². The number of hydrogen-bond acceptors (Lipinski definition) is 2. The minimum Gasteiger partial charge on any atom is -0.370 e. The molecule has 2 aromatic carbocycles. The van der Waals surface area contributed by atoms with E-state index in [0.717, 1.165) is 35.7 Å². The molecule has 31 heavy (non-hydrogen) atoms. The maximum atomic E-state index is 13.7. The van der Waals surface area contributed by atoms with Gasteiger partial charge in [-0.2, -0.15) is 31.4 Å². The van der Waals surface area contributed by atoms with E-state index in [0.29, 0.717) is 24.3 Å². The average molecular weight is 460 g/mol. The summed E-state index contributed by atoms with van der Waals surface area (Å²) < 4.78 is 81.8. The highest BCUT2D eigenvalue weighted by atomic mass is 35.5. The lowest BCUT2D eigenvalue weighted by molar-refractivity contribution is -0.138. The molecule has 1 aromatic heterocycles. The molecule has 0 saturated heterocycles. The van der Waals surface area contributed by atoms with Gasteiger partial charge in [0, 0.05) is 22.7 Å². The Morgan fingerprint density at radius 3 is 2.42 bits per heavy atom. The van der Waals surface area contributed by atoms with Gasteiger partial charge in [0.1, 0.15) is 5.82 Å². The van der Waals surface area contributed by atoms with Gasteiger partial charge >= 0.3 is 12.4 Å². The Bertz CT molecular complexity index is 1120. The van der Waals surface area contributed by atoms with Gasteiger partial charge in [0.25, 0.3) is 0 Å². The summed E-state index contributed by atoms with van der Waals surface area (Å²) in [5.41, 5.74) is -1.08. The molecule has 4 rings (SSSR count). The molecule has 3 nitrogen and oxygen atoms in total. The van der Waals surface area contributed by atoms with E-state index in [-0.39, 0.29) is 22.0 Å². The van der Waals surface area contributed by atoms with Gasteiger partial charge in [-0.25, -0.2) is 4.68 Å². The molecule has 0 unspecified atom stereocenters. The first kappa shape index (κ1) is 21.5. The van der Waals surface area contributed by atoms with E-state index in [2.05, 4.69) is 10.4 Å². The fourth-order valence-electron chi connectivity index (χ4n) is 3.67. The monoisotopic (exact) mass is 459 g/mol. The molecule has 1 aliphatic rings. The van der Waals surface area contributed by atoms with Gasteiger partial charge in [0.2, 0.25) is 0 Å². The normalized spacial score (nSPS) is 14.7. The Labute approximate surface area is 178 Å². The van der Waals surface area contributed by atoms with Crippen molar-refractivity contribution in [2.75, 3.05) is 11.9 Å². The number of alkyl halides is 6. The van der Waals surface area contributed by atoms with Crippen molar-refractivity contribution in [3.63, 3.8) is 0 Å². The van der Waals surface area contributed by atoms with E-state index in [1.165, 1.54) is 24.3 Å². The van der Waals surface area contributed by atoms with Crippen LogP contribution >= 0.6 is 11.6 Å². The Kier molecular flexibility index (Phi) is 5.41. The van der Waals surface area contributed by atoms with Gasteiger partial charge in [-0.05, 0) is 49.6 Å². The first-order valence-corrected chi connectivity index (χ1v) is 9.84. The van der Waals surface area contributed by atoms with Crippen LogP contribution in [-0.4, -0.2) is 16.3 Å². The number of nitrogens with zero attached hydrogens (tertiary/aromatic N) is 2. The van der Waals surface area contributed by atoms with E-state index >= 15 is 0 Å². The Hall–Kier alpha value is -2.68. The summed E-state index contributed by atoms with van der Waals surface area (Å²) in [7, 11) is 0. The molecule has 0 fully saturated rings. The van der Waals surface area contributed by atoms with Crippen LogP contribution < -0.4 is 5.32 Å². The lowest BCUT2D eigenvalue weighted by atomic mass is 10.0. The van der Waals surface area contributed by atoms with Crippen molar-refractivity contribution in [2.45, 2.75) is 31.6 Å². The van der Waals surface area contributed by atoms with Crippen LogP contribution in [0.2, 0.25) is 5.02 Å². The summed E-state index contributed by atoms with van der Waals surface area (Å²) in [6, 6.07) is 7.98. The third kappa shape index (κ3) is 4.23. The number of aromatic nitrogens is 2. The summed E-state index contributed by atoms with van der Waals surface area (Å²) in [6.07, 6.45) is -7.27. The molecule has 0 amide bonds. The van der Waals surface area contributed by atoms with Crippen molar-refractivity contribution in [3.05, 3.63) is 64.2 Å². The van der Waals surface area contributed by atoms with Crippen LogP contribution in [0.15, 0.2) is 42.5 Å². The van der Waals surface area contributed by atoms with Gasteiger partial charge in [-0.1, -0.05) is 23.7 Å². The van der Waals surface area contributed by atoms with Crippen molar-refractivity contribution in [1.29, 1.82) is 0 Å². The van der Waals surface area contributed by atoms with Crippen LogP contribution in [0.4, 0.5) is 32.2 Å². The molecule has 0 radical (unpaired) electrons. The predicted molar refractivity (Wildman–Crippen MR) is 105 cm³/mol. The number of hydrogen-bond donors (Lipinski definition) is 1. The topological polar surface area (TPSA) is 29.9 Å². The van der Waals surface area contributed by atoms with Crippen LogP contribution in [0.3, 0.4) is 0 Å². The van der Waals surface area contributed by atoms with E-state index in [9.17, 15) is 26.3 Å². The average Bonchev–Trinajstić information content (AvgIpc) is 2.88. The van der Waals surface area contributed by atoms with E-state index in [1.54, 1.807) is 0 Å². The summed E-state index contributed by atoms with van der Waals surface area (Å²) in [6.45, 7) is 0.510. The van der Waals surface area contributed by atoms with Crippen molar-refractivity contribution in [1.82, 2.24) is 9.78 Å². The fourth-order valence-corrected chi connectivity index (χ4v) is 3.84.